The number of aromatic nitrogens is 1. The monoisotopic (exact) mass is 286 g/mol. The molecule has 0 aromatic carbocycles. The number of amides is 1. The van der Waals surface area contributed by atoms with Gasteiger partial charge in [-0.3, -0.25) is 9.59 Å². The number of carbonyl (C=O) groups excluding carboxylic acids is 1. The molecule has 0 atom stereocenters. The van der Waals surface area contributed by atoms with Crippen molar-refractivity contribution in [2.45, 2.75) is 31.2 Å². The van der Waals surface area contributed by atoms with E-state index in [2.05, 4.69) is 10.3 Å². The lowest BCUT2D eigenvalue weighted by atomic mass is 9.74. The van der Waals surface area contributed by atoms with Gasteiger partial charge >= 0.3 is 5.97 Å². The predicted molar refractivity (Wildman–Crippen MR) is 65.5 cm³/mol. The van der Waals surface area contributed by atoms with Crippen LogP contribution in [0.25, 0.3) is 0 Å². The third-order valence-electron chi connectivity index (χ3n) is 3.23. The van der Waals surface area contributed by atoms with Gasteiger partial charge in [0, 0.05) is 0 Å². The summed E-state index contributed by atoms with van der Waals surface area (Å²) in [5.74, 6) is -2.25. The summed E-state index contributed by atoms with van der Waals surface area (Å²) in [6, 6.07) is 0.984. The number of aliphatic carboxylic acids is 1. The summed E-state index contributed by atoms with van der Waals surface area (Å²) in [6.07, 6.45) is 2.79. The molecule has 7 heteroatoms. The first-order valence-corrected chi connectivity index (χ1v) is 6.15. The lowest BCUT2D eigenvalue weighted by molar-refractivity contribution is -0.139. The van der Waals surface area contributed by atoms with E-state index >= 15 is 0 Å². The minimum atomic E-state index is -0.983. The van der Waals surface area contributed by atoms with Crippen LogP contribution in [0.2, 0.25) is 5.15 Å². The number of carboxylic acids is 1. The van der Waals surface area contributed by atoms with E-state index in [4.69, 9.17) is 16.7 Å². The van der Waals surface area contributed by atoms with E-state index in [0.717, 1.165) is 18.7 Å². The van der Waals surface area contributed by atoms with Crippen molar-refractivity contribution >= 4 is 23.5 Å². The minimum Gasteiger partial charge on any atom is -0.481 e. The number of pyridine rings is 1. The van der Waals surface area contributed by atoms with Gasteiger partial charge in [0.25, 0.3) is 5.91 Å². The van der Waals surface area contributed by atoms with Crippen LogP contribution in [0.3, 0.4) is 0 Å². The molecule has 1 aliphatic rings. The summed E-state index contributed by atoms with van der Waals surface area (Å²) in [7, 11) is 0. The number of rotatable bonds is 4. The quantitative estimate of drug-likeness (QED) is 0.830. The number of hydrogen-bond acceptors (Lipinski definition) is 3. The maximum Gasteiger partial charge on any atom is 0.305 e. The van der Waals surface area contributed by atoms with E-state index < -0.39 is 23.2 Å². The van der Waals surface area contributed by atoms with Crippen LogP contribution < -0.4 is 5.32 Å². The third-order valence-corrected chi connectivity index (χ3v) is 3.53. The molecule has 1 aromatic heterocycles. The van der Waals surface area contributed by atoms with Gasteiger partial charge in [0.1, 0.15) is 11.0 Å². The molecule has 0 aliphatic heterocycles. The second kappa shape index (κ2) is 5.13. The van der Waals surface area contributed by atoms with Gasteiger partial charge in [0.15, 0.2) is 0 Å². The molecule has 1 amide bonds. The molecule has 5 nitrogen and oxygen atoms in total. The highest BCUT2D eigenvalue weighted by molar-refractivity contribution is 6.32. The van der Waals surface area contributed by atoms with Gasteiger partial charge in [-0.1, -0.05) is 11.6 Å². The number of halogens is 2. The fraction of sp³-hybridized carbons (Fsp3) is 0.417. The Morgan fingerprint density at radius 3 is 2.74 bits per heavy atom. The van der Waals surface area contributed by atoms with Crippen LogP contribution in [0.5, 0.6) is 0 Å². The first-order chi connectivity index (χ1) is 8.92. The Morgan fingerprint density at radius 2 is 2.21 bits per heavy atom. The Morgan fingerprint density at radius 1 is 1.53 bits per heavy atom. The molecule has 1 aromatic rings. The summed E-state index contributed by atoms with van der Waals surface area (Å²) in [5.41, 5.74) is -0.836. The summed E-state index contributed by atoms with van der Waals surface area (Å²) in [4.78, 5) is 26.4. The minimum absolute atomic E-state index is 0.0849. The van der Waals surface area contributed by atoms with Gasteiger partial charge < -0.3 is 10.4 Å². The number of carboxylic acid groups (broad SMARTS) is 1. The Labute approximate surface area is 113 Å². The Hall–Kier alpha value is -1.69. The van der Waals surface area contributed by atoms with Crippen LogP contribution in [0.1, 0.15) is 36.0 Å². The molecule has 1 aliphatic carbocycles. The SMILES string of the molecule is O=C(O)CC1(NC(=O)c2cc(F)cnc2Cl)CCC1. The van der Waals surface area contributed by atoms with Gasteiger partial charge in [-0.05, 0) is 25.3 Å². The van der Waals surface area contributed by atoms with Crippen LogP contribution >= 0.6 is 11.6 Å². The maximum absolute atomic E-state index is 13.1. The fourth-order valence-electron chi connectivity index (χ4n) is 2.13. The molecular formula is C12H12ClFN2O3. The molecule has 0 saturated heterocycles. The Balaban J connectivity index is 2.16. The van der Waals surface area contributed by atoms with Crippen molar-refractivity contribution in [3.05, 3.63) is 28.8 Å². The second-order valence-electron chi connectivity index (χ2n) is 4.65. The number of hydrogen-bond donors (Lipinski definition) is 2. The van der Waals surface area contributed by atoms with Crippen LogP contribution in [0, 0.1) is 5.82 Å². The second-order valence-corrected chi connectivity index (χ2v) is 5.01. The first-order valence-electron chi connectivity index (χ1n) is 5.77. The summed E-state index contributed by atoms with van der Waals surface area (Å²) >= 11 is 5.73. The van der Waals surface area contributed by atoms with Crippen molar-refractivity contribution in [2.75, 3.05) is 0 Å². The van der Waals surface area contributed by atoms with Gasteiger partial charge in [-0.25, -0.2) is 9.37 Å². The van der Waals surface area contributed by atoms with E-state index in [1.807, 2.05) is 0 Å². The first kappa shape index (κ1) is 13.7. The highest BCUT2D eigenvalue weighted by Gasteiger charge is 2.40. The zero-order valence-electron chi connectivity index (χ0n) is 9.95. The molecule has 0 unspecified atom stereocenters. The number of nitrogens with zero attached hydrogens (tertiary/aromatic N) is 1. The van der Waals surface area contributed by atoms with Crippen molar-refractivity contribution in [1.82, 2.24) is 10.3 Å². The fourth-order valence-corrected chi connectivity index (χ4v) is 2.32. The van der Waals surface area contributed by atoms with Gasteiger partial charge in [-0.2, -0.15) is 0 Å². The van der Waals surface area contributed by atoms with E-state index in [-0.39, 0.29) is 17.1 Å². The summed E-state index contributed by atoms with van der Waals surface area (Å²) in [5, 5.41) is 11.4. The zero-order valence-corrected chi connectivity index (χ0v) is 10.7. The van der Waals surface area contributed by atoms with Crippen molar-refractivity contribution in [2.24, 2.45) is 0 Å². The predicted octanol–water partition coefficient (Wildman–Crippen LogP) is 2.00. The Bertz CT molecular complexity index is 532. The molecule has 1 saturated carbocycles. The van der Waals surface area contributed by atoms with Crippen LogP contribution in [-0.2, 0) is 4.79 Å². The van der Waals surface area contributed by atoms with E-state index in [9.17, 15) is 14.0 Å². The largest absolute Gasteiger partial charge is 0.481 e. The van der Waals surface area contributed by atoms with Crippen molar-refractivity contribution < 1.29 is 19.1 Å². The van der Waals surface area contributed by atoms with Crippen LogP contribution in [0.15, 0.2) is 12.3 Å². The molecule has 102 valence electrons. The molecule has 2 N–H and O–H groups in total. The van der Waals surface area contributed by atoms with Gasteiger partial charge in [0.2, 0.25) is 0 Å². The number of nitrogens with one attached hydrogen (secondary N) is 1. The average Bonchev–Trinajstić information content (AvgIpc) is 2.28. The molecule has 19 heavy (non-hydrogen) atoms. The topological polar surface area (TPSA) is 79.3 Å². The highest BCUT2D eigenvalue weighted by atomic mass is 35.5. The summed E-state index contributed by atoms with van der Waals surface area (Å²) in [6.45, 7) is 0. The standard InChI is InChI=1S/C12H12ClFN2O3/c13-10-8(4-7(14)6-15-10)11(19)16-12(2-1-3-12)5-9(17)18/h4,6H,1-3,5H2,(H,16,19)(H,17,18). The molecular weight excluding hydrogens is 275 g/mol. The van der Waals surface area contributed by atoms with Crippen LogP contribution in [-0.4, -0.2) is 27.5 Å². The smallest absolute Gasteiger partial charge is 0.305 e. The van der Waals surface area contributed by atoms with Gasteiger partial charge in [-0.15, -0.1) is 0 Å². The molecule has 0 radical (unpaired) electrons. The van der Waals surface area contributed by atoms with Gasteiger partial charge in [0.05, 0.1) is 23.7 Å². The third kappa shape index (κ3) is 3.01. The van der Waals surface area contributed by atoms with E-state index in [1.54, 1.807) is 0 Å². The lowest BCUT2D eigenvalue weighted by Gasteiger charge is -2.41. The van der Waals surface area contributed by atoms with Crippen molar-refractivity contribution in [3.63, 3.8) is 0 Å². The maximum atomic E-state index is 13.1. The molecule has 0 bridgehead atoms. The summed E-state index contributed by atoms with van der Waals surface area (Å²) < 4.78 is 13.1. The zero-order chi connectivity index (χ0) is 14.0. The Kier molecular flexibility index (Phi) is 3.71. The van der Waals surface area contributed by atoms with Crippen molar-refractivity contribution in [1.29, 1.82) is 0 Å². The normalized spacial score (nSPS) is 16.5. The molecule has 2 rings (SSSR count). The van der Waals surface area contributed by atoms with Crippen molar-refractivity contribution in [3.8, 4) is 0 Å². The van der Waals surface area contributed by atoms with Crippen LogP contribution in [0.4, 0.5) is 4.39 Å². The molecule has 1 heterocycles. The average molecular weight is 287 g/mol. The van der Waals surface area contributed by atoms with E-state index in [0.29, 0.717) is 12.8 Å². The number of carbonyl (C=O) groups is 2. The highest BCUT2D eigenvalue weighted by Crippen LogP contribution is 2.35. The molecule has 0 spiro atoms. The lowest BCUT2D eigenvalue weighted by Crippen LogP contribution is -2.54. The molecule has 1 fully saturated rings. The van der Waals surface area contributed by atoms with E-state index in [1.165, 1.54) is 0 Å².